The van der Waals surface area contributed by atoms with Crippen molar-refractivity contribution in [3.8, 4) is 0 Å². The molecule has 2 fully saturated rings. The van der Waals surface area contributed by atoms with Crippen molar-refractivity contribution < 1.29 is 29.6 Å². The van der Waals surface area contributed by atoms with Crippen LogP contribution in [-0.2, 0) is 14.3 Å². The number of Topliss-reactive ketones (excluding diaryl/α,β-unsaturated/α-hetero) is 1. The molecule has 0 aromatic carbocycles. The van der Waals surface area contributed by atoms with Gasteiger partial charge in [-0.25, -0.2) is 0 Å². The second-order valence-electron chi connectivity index (χ2n) is 15.6. The summed E-state index contributed by atoms with van der Waals surface area (Å²) in [6.07, 6.45) is 25.9. The van der Waals surface area contributed by atoms with Gasteiger partial charge in [0.05, 0.1) is 12.1 Å². The van der Waals surface area contributed by atoms with E-state index in [1.54, 1.807) is 0 Å². The number of nitrogens with zero attached hydrogens (tertiary/aromatic N) is 1. The lowest BCUT2D eigenvalue weighted by atomic mass is 9.90. The van der Waals surface area contributed by atoms with E-state index in [9.17, 15) is 24.9 Å². The Morgan fingerprint density at radius 3 is 1.56 bits per heavy atom. The SMILES string of the molecule is CCCCCCCCCCCCCCCCCCN(C(=O)CCCCCCCCCCC)[C@]1(N)O[C@H](CC(=O)[C@@H]2CCCN2)[C@@H](O)[C@H](O)[C@H]1O. The van der Waals surface area contributed by atoms with Crippen LogP contribution in [0.25, 0.3) is 0 Å². The third-order valence-corrected chi connectivity index (χ3v) is 11.1. The van der Waals surface area contributed by atoms with Crippen LogP contribution in [-0.4, -0.2) is 81.3 Å². The standard InChI is InChI=1S/C41H79N3O6/c1-3-5-7-9-11-13-14-15-16-17-18-19-21-23-25-27-32-44(37(46)30-26-24-22-20-12-10-8-6-4-2)41(42)40(49)39(48)38(47)36(50-41)33-35(45)34-29-28-31-43-34/h34,36,38-40,43,47-49H,3-33,42H2,1-2H3/t34-,36+,38+,39-,40+,41-/m0/s1. The molecule has 0 radical (unpaired) electrons. The van der Waals surface area contributed by atoms with E-state index in [4.69, 9.17) is 10.5 Å². The van der Waals surface area contributed by atoms with E-state index < -0.39 is 30.3 Å². The molecule has 1 amide bonds. The first kappa shape index (κ1) is 45.1. The maximum absolute atomic E-state index is 13.8. The quantitative estimate of drug-likeness (QED) is 0.0362. The highest BCUT2D eigenvalue weighted by Gasteiger charge is 2.56. The summed E-state index contributed by atoms with van der Waals surface area (Å²) in [5.74, 6) is -2.37. The summed E-state index contributed by atoms with van der Waals surface area (Å²) < 4.78 is 6.13. The molecule has 2 saturated heterocycles. The number of nitrogens with two attached hydrogens (primary N) is 1. The van der Waals surface area contributed by atoms with E-state index in [0.717, 1.165) is 51.5 Å². The Hall–Kier alpha value is -1.10. The van der Waals surface area contributed by atoms with E-state index >= 15 is 0 Å². The van der Waals surface area contributed by atoms with Crippen LogP contribution in [0.2, 0.25) is 0 Å². The number of hydrogen-bond acceptors (Lipinski definition) is 8. The van der Waals surface area contributed by atoms with Gasteiger partial charge in [0.1, 0.15) is 18.3 Å². The number of rotatable bonds is 31. The number of unbranched alkanes of at least 4 members (excludes halogenated alkanes) is 23. The molecular weight excluding hydrogens is 630 g/mol. The van der Waals surface area contributed by atoms with Gasteiger partial charge < -0.3 is 25.4 Å². The monoisotopic (exact) mass is 710 g/mol. The fourth-order valence-corrected chi connectivity index (χ4v) is 7.75. The van der Waals surface area contributed by atoms with Crippen molar-refractivity contribution in [2.45, 2.75) is 236 Å². The molecule has 6 N–H and O–H groups in total. The van der Waals surface area contributed by atoms with Gasteiger partial charge in [-0.05, 0) is 32.2 Å². The van der Waals surface area contributed by atoms with Crippen LogP contribution in [0, 0.1) is 0 Å². The minimum Gasteiger partial charge on any atom is -0.388 e. The van der Waals surface area contributed by atoms with Gasteiger partial charge in [0.25, 0.3) is 0 Å². The van der Waals surface area contributed by atoms with Gasteiger partial charge in [0.15, 0.2) is 5.78 Å². The lowest BCUT2D eigenvalue weighted by molar-refractivity contribution is -0.309. The van der Waals surface area contributed by atoms with Crippen LogP contribution >= 0.6 is 0 Å². The van der Waals surface area contributed by atoms with Crippen molar-refractivity contribution in [1.82, 2.24) is 10.2 Å². The fourth-order valence-electron chi connectivity index (χ4n) is 7.75. The largest absolute Gasteiger partial charge is 0.388 e. The van der Waals surface area contributed by atoms with Crippen molar-refractivity contribution in [1.29, 1.82) is 0 Å². The predicted molar refractivity (Wildman–Crippen MR) is 204 cm³/mol. The predicted octanol–water partition coefficient (Wildman–Crippen LogP) is 7.80. The van der Waals surface area contributed by atoms with E-state index in [-0.39, 0.29) is 37.1 Å². The van der Waals surface area contributed by atoms with Gasteiger partial charge in [0, 0.05) is 19.4 Å². The maximum atomic E-state index is 13.8. The van der Waals surface area contributed by atoms with Gasteiger partial charge in [-0.1, -0.05) is 162 Å². The smallest absolute Gasteiger partial charge is 0.227 e. The maximum Gasteiger partial charge on any atom is 0.227 e. The second-order valence-corrected chi connectivity index (χ2v) is 15.6. The number of carbonyl (C=O) groups excluding carboxylic acids is 2. The Labute approximate surface area is 306 Å². The number of ketones is 1. The van der Waals surface area contributed by atoms with Gasteiger partial charge in [-0.2, -0.15) is 0 Å². The van der Waals surface area contributed by atoms with E-state index in [0.29, 0.717) is 12.8 Å². The van der Waals surface area contributed by atoms with Gasteiger partial charge in [-0.3, -0.25) is 20.2 Å². The normalized spacial score (nSPS) is 25.3. The molecule has 0 aliphatic carbocycles. The highest BCUT2D eigenvalue weighted by molar-refractivity contribution is 5.84. The van der Waals surface area contributed by atoms with E-state index in [1.807, 2.05) is 0 Å². The Morgan fingerprint density at radius 1 is 0.680 bits per heavy atom. The molecule has 0 unspecified atom stereocenters. The molecule has 2 heterocycles. The molecule has 2 rings (SSSR count). The molecule has 2 aliphatic rings. The summed E-state index contributed by atoms with van der Waals surface area (Å²) in [5, 5.41) is 36.0. The Morgan fingerprint density at radius 2 is 1.12 bits per heavy atom. The molecule has 9 nitrogen and oxygen atoms in total. The van der Waals surface area contributed by atoms with Gasteiger partial charge in [0.2, 0.25) is 11.8 Å². The summed E-state index contributed by atoms with van der Waals surface area (Å²) in [6, 6.07) is -0.323. The number of hydrogen-bond donors (Lipinski definition) is 5. The first-order valence-corrected chi connectivity index (χ1v) is 21.3. The molecule has 2 aliphatic heterocycles. The highest BCUT2D eigenvalue weighted by atomic mass is 16.6. The van der Waals surface area contributed by atoms with Crippen molar-refractivity contribution >= 4 is 11.7 Å². The van der Waals surface area contributed by atoms with Gasteiger partial charge >= 0.3 is 0 Å². The first-order valence-electron chi connectivity index (χ1n) is 21.3. The molecule has 0 aromatic rings. The number of carbonyl (C=O) groups is 2. The van der Waals surface area contributed by atoms with Gasteiger partial charge in [-0.15, -0.1) is 0 Å². The molecule has 9 heteroatoms. The zero-order valence-electron chi connectivity index (χ0n) is 32.4. The Balaban J connectivity index is 1.84. The highest BCUT2D eigenvalue weighted by Crippen LogP contribution is 2.33. The second kappa shape index (κ2) is 27.5. The minimum atomic E-state index is -2.03. The third kappa shape index (κ3) is 17.2. The summed E-state index contributed by atoms with van der Waals surface area (Å²) in [4.78, 5) is 28.1. The number of ether oxygens (including phenoxy) is 1. The molecule has 6 atom stereocenters. The van der Waals surface area contributed by atoms with Crippen LogP contribution in [0.4, 0.5) is 0 Å². The van der Waals surface area contributed by atoms with Crippen LogP contribution in [0.5, 0.6) is 0 Å². The lowest BCUT2D eigenvalue weighted by Crippen LogP contribution is -2.76. The zero-order valence-corrected chi connectivity index (χ0v) is 32.4. The molecule has 0 bridgehead atoms. The van der Waals surface area contributed by atoms with Crippen molar-refractivity contribution in [2.24, 2.45) is 5.73 Å². The molecule has 0 aromatic heterocycles. The van der Waals surface area contributed by atoms with E-state index in [1.165, 1.54) is 120 Å². The summed E-state index contributed by atoms with van der Waals surface area (Å²) in [6.45, 7) is 5.53. The minimum absolute atomic E-state index is 0.122. The van der Waals surface area contributed by atoms with Crippen LogP contribution in [0.3, 0.4) is 0 Å². The van der Waals surface area contributed by atoms with Crippen molar-refractivity contribution in [3.63, 3.8) is 0 Å². The average molecular weight is 710 g/mol. The van der Waals surface area contributed by atoms with Crippen molar-refractivity contribution in [3.05, 3.63) is 0 Å². The first-order chi connectivity index (χ1) is 24.3. The molecule has 294 valence electrons. The Kier molecular flexibility index (Phi) is 24.8. The molecule has 50 heavy (non-hydrogen) atoms. The summed E-state index contributed by atoms with van der Waals surface area (Å²) in [7, 11) is 0. The third-order valence-electron chi connectivity index (χ3n) is 11.1. The summed E-state index contributed by atoms with van der Waals surface area (Å²) in [5.41, 5.74) is 6.73. The fraction of sp³-hybridized carbons (Fsp3) is 0.951. The lowest BCUT2D eigenvalue weighted by Gasteiger charge is -2.51. The van der Waals surface area contributed by atoms with Crippen LogP contribution in [0.15, 0.2) is 0 Å². The number of aliphatic hydroxyl groups excluding tert-OH is 3. The zero-order chi connectivity index (χ0) is 36.5. The number of aliphatic hydroxyl groups is 3. The average Bonchev–Trinajstić information content (AvgIpc) is 3.66. The van der Waals surface area contributed by atoms with Crippen molar-refractivity contribution in [2.75, 3.05) is 13.1 Å². The number of amides is 1. The van der Waals surface area contributed by atoms with E-state index in [2.05, 4.69) is 19.2 Å². The molecule has 0 saturated carbocycles. The molecular formula is C41H79N3O6. The number of nitrogens with one attached hydrogen (secondary N) is 1. The topological polar surface area (TPSA) is 145 Å². The van der Waals surface area contributed by atoms with Crippen LogP contribution < -0.4 is 11.1 Å². The Bertz CT molecular complexity index is 871. The summed E-state index contributed by atoms with van der Waals surface area (Å²) >= 11 is 0. The molecule has 0 spiro atoms. The van der Waals surface area contributed by atoms with Crippen LogP contribution in [0.1, 0.15) is 200 Å².